The third-order valence-electron chi connectivity index (χ3n) is 0. The fourth-order valence-electron chi connectivity index (χ4n) is 0. The van der Waals surface area contributed by atoms with Crippen molar-refractivity contribution >= 4 is 18.6 Å². The molecule has 2 nitrogen and oxygen atoms in total. The molecule has 0 spiro atoms. The maximum atomic E-state index is 8.39. The summed E-state index contributed by atoms with van der Waals surface area (Å²) in [5, 5.41) is 0. The summed E-state index contributed by atoms with van der Waals surface area (Å²) in [6, 6.07) is 0. The van der Waals surface area contributed by atoms with Crippen molar-refractivity contribution in [3.05, 3.63) is 0 Å². The summed E-state index contributed by atoms with van der Waals surface area (Å²) in [6.07, 6.45) is 0. The van der Waals surface area contributed by atoms with Crippen molar-refractivity contribution in [1.29, 1.82) is 0 Å². The van der Waals surface area contributed by atoms with E-state index in [1.165, 1.54) is 0 Å². The zero-order valence-electron chi connectivity index (χ0n) is 2.02. The first-order valence-corrected chi connectivity index (χ1v) is 2.99. The first-order valence-electron chi connectivity index (χ1n) is 0.493. The first kappa shape index (κ1) is 9.15. The SMILES string of the molecule is [O]=[Ce].[O]=[GaH]. The Morgan fingerprint density at radius 1 is 1.25 bits per heavy atom. The minimum atomic E-state index is 0.0556. The summed E-state index contributed by atoms with van der Waals surface area (Å²) >= 11 is 0.181. The number of hydrogen-bond donors (Lipinski definition) is 0. The molecule has 0 aromatic carbocycles. The molecule has 0 unspecified atom stereocenters. The molecule has 0 aliphatic heterocycles. The fraction of sp³-hybridized carbons (Fsp3) is 0. The molecule has 0 rings (SSSR count). The second kappa shape index (κ2) is 23.1. The van der Waals surface area contributed by atoms with Crippen LogP contribution in [0.15, 0.2) is 0 Å². The Morgan fingerprint density at radius 3 is 1.25 bits per heavy atom. The van der Waals surface area contributed by atoms with E-state index in [0.717, 1.165) is 0 Å². The Labute approximate surface area is 61.7 Å². The van der Waals surface area contributed by atoms with Gasteiger partial charge in [-0.3, -0.25) is 0 Å². The van der Waals surface area contributed by atoms with Gasteiger partial charge in [-0.05, 0) is 0 Å². The van der Waals surface area contributed by atoms with Crippen LogP contribution in [0.3, 0.4) is 0 Å². The van der Waals surface area contributed by atoms with Crippen molar-refractivity contribution in [3.8, 4) is 0 Å². The predicted octanol–water partition coefficient (Wildman–Crippen LogP) is -0.886. The Hall–Kier alpha value is 1.61. The molecule has 0 amide bonds. The van der Waals surface area contributed by atoms with E-state index < -0.39 is 0 Å². The van der Waals surface area contributed by atoms with Crippen LogP contribution in [0.2, 0.25) is 0 Å². The Balaban J connectivity index is 0. The molecule has 0 aromatic heterocycles. The summed E-state index contributed by atoms with van der Waals surface area (Å²) in [7, 11) is 0. The van der Waals surface area contributed by atoms with E-state index in [2.05, 4.69) is 0 Å². The topological polar surface area (TPSA) is 34.1 Å². The molecule has 0 saturated heterocycles. The maximum absolute atomic E-state index is 8.39. The first-order chi connectivity index (χ1) is 2.00. The predicted molar refractivity (Wildman–Crippen MR) is 8.52 cm³/mol. The molecule has 0 fully saturated rings. The van der Waals surface area contributed by atoms with E-state index >= 15 is 0 Å². The van der Waals surface area contributed by atoms with Gasteiger partial charge in [0, 0.05) is 0 Å². The monoisotopic (exact) mass is 242 g/mol. The van der Waals surface area contributed by atoms with Gasteiger partial charge >= 0.3 is 62.8 Å². The molecule has 4 heavy (non-hydrogen) atoms. The fourth-order valence-corrected chi connectivity index (χ4v) is 0. The molecule has 0 aliphatic rings. The molecule has 0 N–H and O–H groups in total. The molecule has 0 aromatic rings. The molecular formula is HCeGaO2. The van der Waals surface area contributed by atoms with Crippen LogP contribution >= 0.6 is 0 Å². The average molecular weight is 243 g/mol. The van der Waals surface area contributed by atoms with Crippen molar-refractivity contribution < 1.29 is 44.3 Å². The van der Waals surface area contributed by atoms with E-state index in [1.807, 2.05) is 0 Å². The van der Waals surface area contributed by atoms with Gasteiger partial charge < -0.3 is 0 Å². The van der Waals surface area contributed by atoms with Crippen molar-refractivity contribution in [3.63, 3.8) is 0 Å². The average Bonchev–Trinajstić information content (AvgIpc) is 1.50. The summed E-state index contributed by atoms with van der Waals surface area (Å²) in [4.78, 5) is 0. The van der Waals surface area contributed by atoms with Gasteiger partial charge in [0.1, 0.15) is 0 Å². The minimum absolute atomic E-state index is 0.0556. The van der Waals surface area contributed by atoms with E-state index in [0.29, 0.717) is 0 Å². The van der Waals surface area contributed by atoms with Crippen LogP contribution in [0, 0.1) is 39.8 Å². The van der Waals surface area contributed by atoms with Gasteiger partial charge in [0.15, 0.2) is 0 Å². The van der Waals surface area contributed by atoms with E-state index in [9.17, 15) is 0 Å². The molecule has 0 bridgehead atoms. The standard InChI is InChI=1S/Ce.Ga.2O.H. The zero-order valence-corrected chi connectivity index (χ0v) is 8.13. The second-order valence-corrected chi connectivity index (χ2v) is 0. The second-order valence-electron chi connectivity index (χ2n) is 0. The number of rotatable bonds is 0. The van der Waals surface area contributed by atoms with Crippen molar-refractivity contribution in [2.24, 2.45) is 0 Å². The molecular weight excluding hydrogens is 242 g/mol. The van der Waals surface area contributed by atoms with Crippen LogP contribution in [-0.4, -0.2) is 18.6 Å². The number of hydrogen-bond acceptors (Lipinski definition) is 2. The quantitative estimate of drug-likeness (QED) is 0.517. The molecule has 0 radical (unpaired) electrons. The van der Waals surface area contributed by atoms with Gasteiger partial charge in [-0.25, -0.2) is 0 Å². The Kier molecular flexibility index (Phi) is 52.9. The van der Waals surface area contributed by atoms with Crippen molar-refractivity contribution in [2.75, 3.05) is 0 Å². The van der Waals surface area contributed by atoms with E-state index in [4.69, 9.17) is 4.48 Å². The van der Waals surface area contributed by atoms with E-state index in [1.54, 1.807) is 0 Å². The van der Waals surface area contributed by atoms with Crippen LogP contribution in [0.5, 0.6) is 0 Å². The van der Waals surface area contributed by atoms with Gasteiger partial charge in [-0.1, -0.05) is 0 Å². The van der Waals surface area contributed by atoms with Crippen molar-refractivity contribution in [1.82, 2.24) is 0 Å². The Morgan fingerprint density at radius 2 is 1.25 bits per heavy atom. The molecule has 4 heteroatoms. The van der Waals surface area contributed by atoms with Crippen LogP contribution in [-0.2, 0) is 4.48 Å². The molecule has 0 atom stereocenters. The van der Waals surface area contributed by atoms with Gasteiger partial charge in [0.05, 0.1) is 0 Å². The van der Waals surface area contributed by atoms with Crippen LogP contribution < -0.4 is 0 Å². The molecule has 0 aliphatic carbocycles. The van der Waals surface area contributed by atoms with Crippen LogP contribution in [0.4, 0.5) is 0 Å². The summed E-state index contributed by atoms with van der Waals surface area (Å²) in [5.74, 6) is 0. The van der Waals surface area contributed by atoms with Crippen LogP contribution in [0.1, 0.15) is 0 Å². The van der Waals surface area contributed by atoms with Crippen LogP contribution in [0.25, 0.3) is 0 Å². The zero-order chi connectivity index (χ0) is 4.00. The molecule has 20 valence electrons. The van der Waals surface area contributed by atoms with Gasteiger partial charge in [-0.2, -0.15) is 0 Å². The summed E-state index contributed by atoms with van der Waals surface area (Å²) < 4.78 is 16.8. The van der Waals surface area contributed by atoms with Gasteiger partial charge in [0.25, 0.3) is 0 Å². The third kappa shape index (κ3) is 9.48. The molecule has 0 heterocycles. The van der Waals surface area contributed by atoms with Gasteiger partial charge in [-0.15, -0.1) is 0 Å². The summed E-state index contributed by atoms with van der Waals surface area (Å²) in [6.45, 7) is 0. The normalized spacial score (nSPS) is 1.50. The van der Waals surface area contributed by atoms with Gasteiger partial charge in [0.2, 0.25) is 0 Å². The van der Waals surface area contributed by atoms with Crippen molar-refractivity contribution in [2.45, 2.75) is 0 Å². The van der Waals surface area contributed by atoms with E-state index in [-0.39, 0.29) is 58.3 Å². The molecule has 0 saturated carbocycles. The summed E-state index contributed by atoms with van der Waals surface area (Å²) in [5.41, 5.74) is 0. The third-order valence-corrected chi connectivity index (χ3v) is 0. The Bertz CT molecular complexity index is 8.00.